The lowest BCUT2D eigenvalue weighted by molar-refractivity contribution is -0.122. The Morgan fingerprint density at radius 1 is 1.17 bits per heavy atom. The van der Waals surface area contributed by atoms with Crippen molar-refractivity contribution in [3.63, 3.8) is 0 Å². The minimum Gasteiger partial charge on any atom is -0.497 e. The smallest absolute Gasteiger partial charge is 0.243 e. The fourth-order valence-corrected chi connectivity index (χ4v) is 4.70. The summed E-state index contributed by atoms with van der Waals surface area (Å²) in [5.74, 6) is 0.523. The van der Waals surface area contributed by atoms with Gasteiger partial charge in [-0.1, -0.05) is 31.2 Å². The van der Waals surface area contributed by atoms with Gasteiger partial charge in [-0.2, -0.15) is 0 Å². The highest BCUT2D eigenvalue weighted by atomic mass is 32.2. The van der Waals surface area contributed by atoms with Gasteiger partial charge in [-0.15, -0.1) is 0 Å². The van der Waals surface area contributed by atoms with Gasteiger partial charge in [0, 0.05) is 6.54 Å². The molecule has 6 nitrogen and oxygen atoms in total. The molecule has 2 aromatic rings. The Morgan fingerprint density at radius 2 is 1.90 bits per heavy atom. The zero-order valence-corrected chi connectivity index (χ0v) is 19.3. The Labute approximate surface area is 180 Å². The number of methoxy groups -OCH3 is 1. The van der Waals surface area contributed by atoms with Crippen molar-refractivity contribution in [2.24, 2.45) is 0 Å². The van der Waals surface area contributed by atoms with Crippen LogP contribution >= 0.6 is 0 Å². The van der Waals surface area contributed by atoms with E-state index in [1.54, 1.807) is 7.11 Å². The second kappa shape index (κ2) is 10.5. The SMILES string of the molecule is CC[C@H](C(=O)NCCCc1cccc(OC)c1)N(c1cc(C)ccc1C)S(C)(=O)=O. The van der Waals surface area contributed by atoms with Gasteiger partial charge < -0.3 is 10.1 Å². The number of ether oxygens (including phenoxy) is 1. The number of aryl methyl sites for hydroxylation is 3. The van der Waals surface area contributed by atoms with E-state index in [0.29, 0.717) is 18.7 Å². The van der Waals surface area contributed by atoms with E-state index in [-0.39, 0.29) is 5.91 Å². The maximum absolute atomic E-state index is 12.9. The summed E-state index contributed by atoms with van der Waals surface area (Å²) in [6, 6.07) is 12.7. The van der Waals surface area contributed by atoms with Gasteiger partial charge in [0.05, 0.1) is 19.1 Å². The minimum atomic E-state index is -3.64. The van der Waals surface area contributed by atoms with Gasteiger partial charge in [0.1, 0.15) is 11.8 Å². The molecule has 2 aromatic carbocycles. The Hall–Kier alpha value is -2.54. The highest BCUT2D eigenvalue weighted by Gasteiger charge is 2.32. The number of carbonyl (C=O) groups excluding carboxylic acids is 1. The van der Waals surface area contributed by atoms with Crippen LogP contribution in [-0.4, -0.2) is 40.3 Å². The zero-order valence-electron chi connectivity index (χ0n) is 18.4. The Balaban J connectivity index is 2.09. The van der Waals surface area contributed by atoms with Gasteiger partial charge in [-0.25, -0.2) is 8.42 Å². The van der Waals surface area contributed by atoms with Gasteiger partial charge >= 0.3 is 0 Å². The summed E-state index contributed by atoms with van der Waals surface area (Å²) < 4.78 is 31.7. The average Bonchev–Trinajstić information content (AvgIpc) is 2.70. The van der Waals surface area contributed by atoms with Crippen LogP contribution in [0.15, 0.2) is 42.5 Å². The molecule has 0 spiro atoms. The van der Waals surface area contributed by atoms with Gasteiger partial charge in [0.2, 0.25) is 15.9 Å². The van der Waals surface area contributed by atoms with Gasteiger partial charge in [-0.3, -0.25) is 9.10 Å². The standard InChI is InChI=1S/C23H32N2O4S/c1-6-21(25(30(5,27)28)22-15-17(2)12-13-18(22)3)23(26)24-14-8-10-19-9-7-11-20(16-19)29-4/h7,9,11-13,15-16,21H,6,8,10,14H2,1-5H3,(H,24,26)/t21-/m1/s1. The number of anilines is 1. The summed E-state index contributed by atoms with van der Waals surface area (Å²) in [4.78, 5) is 12.9. The van der Waals surface area contributed by atoms with Crippen molar-refractivity contribution in [1.82, 2.24) is 5.32 Å². The zero-order chi connectivity index (χ0) is 22.3. The molecule has 1 atom stereocenters. The van der Waals surface area contributed by atoms with Gasteiger partial charge in [0.25, 0.3) is 0 Å². The van der Waals surface area contributed by atoms with Crippen molar-refractivity contribution in [1.29, 1.82) is 0 Å². The number of benzene rings is 2. The molecule has 0 aromatic heterocycles. The molecule has 0 radical (unpaired) electrons. The average molecular weight is 433 g/mol. The lowest BCUT2D eigenvalue weighted by atomic mass is 10.1. The summed E-state index contributed by atoms with van der Waals surface area (Å²) >= 11 is 0. The van der Waals surface area contributed by atoms with E-state index >= 15 is 0 Å². The van der Waals surface area contributed by atoms with E-state index in [2.05, 4.69) is 5.32 Å². The van der Waals surface area contributed by atoms with Crippen LogP contribution in [0.1, 0.15) is 36.5 Å². The van der Waals surface area contributed by atoms with Gasteiger partial charge in [-0.05, 0) is 68.0 Å². The number of amides is 1. The van der Waals surface area contributed by atoms with Crippen LogP contribution in [0.25, 0.3) is 0 Å². The van der Waals surface area contributed by atoms with E-state index in [4.69, 9.17) is 4.74 Å². The molecule has 7 heteroatoms. The molecular weight excluding hydrogens is 400 g/mol. The normalized spacial score (nSPS) is 12.3. The van der Waals surface area contributed by atoms with Gasteiger partial charge in [0.15, 0.2) is 0 Å². The highest BCUT2D eigenvalue weighted by molar-refractivity contribution is 7.92. The lowest BCUT2D eigenvalue weighted by Gasteiger charge is -2.31. The van der Waals surface area contributed by atoms with E-state index in [1.807, 2.05) is 63.2 Å². The fourth-order valence-electron chi connectivity index (χ4n) is 3.44. The first-order valence-corrected chi connectivity index (χ1v) is 12.0. The second-order valence-corrected chi connectivity index (χ2v) is 9.38. The number of hydrogen-bond acceptors (Lipinski definition) is 4. The third kappa shape index (κ3) is 6.23. The van der Waals surface area contributed by atoms with Crippen LogP contribution in [-0.2, 0) is 21.2 Å². The first-order chi connectivity index (χ1) is 14.2. The van der Waals surface area contributed by atoms with Crippen molar-refractivity contribution in [3.8, 4) is 5.75 Å². The number of hydrogen-bond donors (Lipinski definition) is 1. The van der Waals surface area contributed by atoms with E-state index in [9.17, 15) is 13.2 Å². The molecule has 0 fully saturated rings. The Morgan fingerprint density at radius 3 is 2.53 bits per heavy atom. The van der Waals surface area contributed by atoms with Crippen LogP contribution in [0.2, 0.25) is 0 Å². The molecule has 0 aliphatic carbocycles. The molecular formula is C23H32N2O4S. The molecule has 0 unspecified atom stereocenters. The van der Waals surface area contributed by atoms with E-state index in [1.165, 1.54) is 4.31 Å². The fraction of sp³-hybridized carbons (Fsp3) is 0.435. The predicted octanol–water partition coefficient (Wildman–Crippen LogP) is 3.61. The Kier molecular flexibility index (Phi) is 8.29. The molecule has 1 amide bonds. The summed E-state index contributed by atoms with van der Waals surface area (Å²) in [6.07, 6.45) is 3.06. The third-order valence-corrected chi connectivity index (χ3v) is 6.17. The Bertz CT molecular complexity index is 973. The molecule has 2 rings (SSSR count). The second-order valence-electron chi connectivity index (χ2n) is 7.52. The molecule has 0 saturated carbocycles. The summed E-state index contributed by atoms with van der Waals surface area (Å²) in [6.45, 7) is 6.05. The molecule has 0 heterocycles. The van der Waals surface area contributed by atoms with Crippen molar-refractivity contribution in [3.05, 3.63) is 59.2 Å². The van der Waals surface area contributed by atoms with Crippen LogP contribution in [0.5, 0.6) is 5.75 Å². The highest BCUT2D eigenvalue weighted by Crippen LogP contribution is 2.27. The van der Waals surface area contributed by atoms with Crippen molar-refractivity contribution in [2.75, 3.05) is 24.2 Å². The van der Waals surface area contributed by atoms with Crippen LogP contribution < -0.4 is 14.4 Å². The molecule has 0 saturated heterocycles. The number of carbonyl (C=O) groups is 1. The van der Waals surface area contributed by atoms with Crippen molar-refractivity contribution < 1.29 is 17.9 Å². The molecule has 30 heavy (non-hydrogen) atoms. The van der Waals surface area contributed by atoms with Crippen molar-refractivity contribution in [2.45, 2.75) is 46.1 Å². The van der Waals surface area contributed by atoms with Crippen molar-refractivity contribution >= 4 is 21.6 Å². The number of sulfonamides is 1. The summed E-state index contributed by atoms with van der Waals surface area (Å²) in [5, 5.41) is 2.91. The summed E-state index contributed by atoms with van der Waals surface area (Å²) in [7, 11) is -2.00. The minimum absolute atomic E-state index is 0.283. The molecule has 1 N–H and O–H groups in total. The molecule has 0 aliphatic heterocycles. The topological polar surface area (TPSA) is 75.7 Å². The van der Waals surface area contributed by atoms with Crippen LogP contribution in [0.3, 0.4) is 0 Å². The number of nitrogens with one attached hydrogen (secondary N) is 1. The molecule has 0 bridgehead atoms. The predicted molar refractivity (Wildman–Crippen MR) is 122 cm³/mol. The van der Waals surface area contributed by atoms with E-state index in [0.717, 1.165) is 41.5 Å². The monoisotopic (exact) mass is 432 g/mol. The third-order valence-electron chi connectivity index (χ3n) is 5.01. The quantitative estimate of drug-likeness (QED) is 0.582. The number of nitrogens with zero attached hydrogens (tertiary/aromatic N) is 1. The maximum atomic E-state index is 12.9. The molecule has 0 aliphatic rings. The summed E-state index contributed by atoms with van der Waals surface area (Å²) in [5.41, 5.74) is 3.44. The number of rotatable bonds is 10. The van der Waals surface area contributed by atoms with Crippen LogP contribution in [0.4, 0.5) is 5.69 Å². The lowest BCUT2D eigenvalue weighted by Crippen LogP contribution is -2.49. The van der Waals surface area contributed by atoms with E-state index < -0.39 is 16.1 Å². The first-order valence-electron chi connectivity index (χ1n) is 10.1. The largest absolute Gasteiger partial charge is 0.497 e. The maximum Gasteiger partial charge on any atom is 0.243 e. The van der Waals surface area contributed by atoms with Crippen LogP contribution in [0, 0.1) is 13.8 Å². The first kappa shape index (κ1) is 23.7. The molecule has 164 valence electrons.